The van der Waals surface area contributed by atoms with Gasteiger partial charge in [-0.2, -0.15) is 4.31 Å². The van der Waals surface area contributed by atoms with Crippen molar-refractivity contribution in [1.29, 1.82) is 0 Å². The van der Waals surface area contributed by atoms with E-state index in [4.69, 9.17) is 11.6 Å². The van der Waals surface area contributed by atoms with Gasteiger partial charge in [-0.25, -0.2) is 8.42 Å². The van der Waals surface area contributed by atoms with Crippen LogP contribution in [0.2, 0.25) is 5.02 Å². The number of hydrogen-bond acceptors (Lipinski definition) is 3. The first-order valence-corrected chi connectivity index (χ1v) is 11.8. The molecule has 9 heteroatoms. The van der Waals surface area contributed by atoms with Gasteiger partial charge >= 0.3 is 0 Å². The number of likely N-dealkylation sites (tertiary alicyclic amines) is 1. The predicted octanol–water partition coefficient (Wildman–Crippen LogP) is -0.745. The highest BCUT2D eigenvalue weighted by Gasteiger charge is 2.29. The molecule has 2 fully saturated rings. The molecule has 1 aromatic carbocycles. The first kappa shape index (κ1) is 21.5. The highest BCUT2D eigenvalue weighted by atomic mass is 35.5. The molecule has 3 N–H and O–H groups in total. The second-order valence-corrected chi connectivity index (χ2v) is 10.4. The van der Waals surface area contributed by atoms with Crippen molar-refractivity contribution in [1.82, 2.24) is 4.31 Å². The van der Waals surface area contributed by atoms with E-state index >= 15 is 0 Å². The fraction of sp³-hybridized carbons (Fsp3) is 0.632. The zero-order valence-corrected chi connectivity index (χ0v) is 18.2. The molecule has 2 aliphatic heterocycles. The molecule has 1 unspecified atom stereocenters. The Morgan fingerprint density at radius 2 is 1.93 bits per heavy atom. The zero-order chi connectivity index (χ0) is 20.3. The summed E-state index contributed by atoms with van der Waals surface area (Å²) in [6.45, 7) is 3.68. The van der Waals surface area contributed by atoms with E-state index in [0.717, 1.165) is 38.8 Å². The van der Waals surface area contributed by atoms with E-state index in [1.807, 2.05) is 7.05 Å². The van der Waals surface area contributed by atoms with Crippen LogP contribution in [0.5, 0.6) is 0 Å². The molecule has 1 amide bonds. The van der Waals surface area contributed by atoms with E-state index in [0.29, 0.717) is 36.4 Å². The van der Waals surface area contributed by atoms with Crippen LogP contribution in [-0.2, 0) is 14.8 Å². The van der Waals surface area contributed by atoms with Crippen molar-refractivity contribution >= 4 is 33.2 Å². The molecule has 0 bridgehead atoms. The topological polar surface area (TPSA) is 75.4 Å². The van der Waals surface area contributed by atoms with E-state index in [1.165, 1.54) is 32.3 Å². The lowest BCUT2D eigenvalue weighted by Gasteiger charge is -2.30. The average molecular weight is 431 g/mol. The highest BCUT2D eigenvalue weighted by Crippen LogP contribution is 2.28. The van der Waals surface area contributed by atoms with Crippen LogP contribution in [0.15, 0.2) is 23.1 Å². The number of sulfonamides is 1. The van der Waals surface area contributed by atoms with Crippen molar-refractivity contribution in [3.8, 4) is 0 Å². The van der Waals surface area contributed by atoms with E-state index < -0.39 is 10.0 Å². The smallest absolute Gasteiger partial charge is 0.279 e. The Labute approximate surface area is 172 Å². The maximum absolute atomic E-state index is 12.8. The van der Waals surface area contributed by atoms with Gasteiger partial charge in [0.25, 0.3) is 5.91 Å². The van der Waals surface area contributed by atoms with Crippen LogP contribution < -0.4 is 15.1 Å². The van der Waals surface area contributed by atoms with Crippen molar-refractivity contribution in [2.75, 3.05) is 52.1 Å². The number of halogens is 1. The summed E-state index contributed by atoms with van der Waals surface area (Å²) in [6.07, 6.45) is 3.97. The van der Waals surface area contributed by atoms with Gasteiger partial charge in [-0.1, -0.05) is 11.6 Å². The first-order valence-electron chi connectivity index (χ1n) is 10.0. The molecule has 2 aliphatic rings. The van der Waals surface area contributed by atoms with E-state index in [9.17, 15) is 13.2 Å². The van der Waals surface area contributed by atoms with Gasteiger partial charge in [-0.05, 0) is 31.0 Å². The standard InChI is InChI=1S/C19H29ClN4O3S/c1-22-11-7-15(8-12-22)23(2)14-19(25)21-18-13-16(5-6-17(18)20)28(26,27)24-9-3-4-10-24/h5-6,13,15H,3-4,7-12,14H2,1-2H3,(H,21,25)/p+2. The highest BCUT2D eigenvalue weighted by molar-refractivity contribution is 7.89. The summed E-state index contributed by atoms with van der Waals surface area (Å²) in [7, 11) is 0.697. The first-order chi connectivity index (χ1) is 13.3. The number of carbonyl (C=O) groups is 1. The molecule has 156 valence electrons. The minimum atomic E-state index is -3.54. The number of nitrogens with one attached hydrogen (secondary N) is 3. The molecule has 0 aliphatic carbocycles. The SMILES string of the molecule is C[NH+]1CCC([NH+](C)CC(=O)Nc2cc(S(=O)(=O)N3CCCC3)ccc2Cl)CC1. The van der Waals surface area contributed by atoms with Crippen molar-refractivity contribution in [3.05, 3.63) is 23.2 Å². The van der Waals surface area contributed by atoms with Gasteiger partial charge in [0.2, 0.25) is 10.0 Å². The summed E-state index contributed by atoms with van der Waals surface area (Å²) in [6, 6.07) is 4.99. The van der Waals surface area contributed by atoms with Gasteiger partial charge < -0.3 is 15.1 Å². The molecule has 2 saturated heterocycles. The second-order valence-electron chi connectivity index (χ2n) is 8.06. The Morgan fingerprint density at radius 1 is 1.29 bits per heavy atom. The Balaban J connectivity index is 1.65. The van der Waals surface area contributed by atoms with Gasteiger partial charge in [0.05, 0.1) is 48.8 Å². The molecule has 1 aromatic rings. The molecule has 28 heavy (non-hydrogen) atoms. The summed E-state index contributed by atoms with van der Waals surface area (Å²) < 4.78 is 27.0. The lowest BCUT2D eigenvalue weighted by Crippen LogP contribution is -3.18. The van der Waals surface area contributed by atoms with E-state index in [-0.39, 0.29) is 10.8 Å². The fourth-order valence-electron chi connectivity index (χ4n) is 4.03. The zero-order valence-electron chi connectivity index (χ0n) is 16.6. The summed E-state index contributed by atoms with van der Waals surface area (Å²) >= 11 is 6.22. The Bertz CT molecular complexity index is 803. The maximum Gasteiger partial charge on any atom is 0.279 e. The average Bonchev–Trinajstić information content (AvgIpc) is 3.19. The molecule has 0 spiro atoms. The summed E-state index contributed by atoms with van der Waals surface area (Å²) in [5.41, 5.74) is 0.354. The van der Waals surface area contributed by atoms with Gasteiger partial charge in [0.15, 0.2) is 6.54 Å². The number of benzene rings is 1. The molecule has 2 heterocycles. The van der Waals surface area contributed by atoms with Gasteiger partial charge in [-0.15, -0.1) is 0 Å². The molecular formula is C19H31ClN4O3S+2. The number of hydrogen-bond donors (Lipinski definition) is 3. The van der Waals surface area contributed by atoms with Gasteiger partial charge in [0.1, 0.15) is 0 Å². The number of quaternary nitrogens is 2. The minimum Gasteiger partial charge on any atom is -0.337 e. The van der Waals surface area contributed by atoms with Crippen molar-refractivity contribution in [3.63, 3.8) is 0 Å². The summed E-state index contributed by atoms with van der Waals surface area (Å²) in [5, 5.41) is 3.15. The van der Waals surface area contributed by atoms with Crippen LogP contribution in [0.3, 0.4) is 0 Å². The predicted molar refractivity (Wildman–Crippen MR) is 109 cm³/mol. The number of carbonyl (C=O) groups excluding carboxylic acids is 1. The van der Waals surface area contributed by atoms with Gasteiger partial charge in [0, 0.05) is 25.9 Å². The largest absolute Gasteiger partial charge is 0.337 e. The molecule has 0 aromatic heterocycles. The Kier molecular flexibility index (Phi) is 6.98. The van der Waals surface area contributed by atoms with Crippen molar-refractivity contribution < 1.29 is 23.0 Å². The number of likely N-dealkylation sites (N-methyl/N-ethyl adjacent to an activating group) is 1. The monoisotopic (exact) mass is 430 g/mol. The quantitative estimate of drug-likeness (QED) is 0.556. The van der Waals surface area contributed by atoms with Crippen LogP contribution in [0.25, 0.3) is 0 Å². The molecule has 3 rings (SSSR count). The normalized spacial score (nSPS) is 24.8. The Morgan fingerprint density at radius 3 is 2.57 bits per heavy atom. The number of rotatable bonds is 6. The summed E-state index contributed by atoms with van der Waals surface area (Å²) in [5.74, 6) is -0.151. The van der Waals surface area contributed by atoms with E-state index in [1.54, 1.807) is 0 Å². The number of piperidine rings is 1. The van der Waals surface area contributed by atoms with Crippen LogP contribution in [0, 0.1) is 0 Å². The maximum atomic E-state index is 12.8. The van der Waals surface area contributed by atoms with E-state index in [2.05, 4.69) is 12.4 Å². The minimum absolute atomic E-state index is 0.151. The molecular weight excluding hydrogens is 400 g/mol. The third kappa shape index (κ3) is 5.04. The third-order valence-electron chi connectivity index (χ3n) is 5.89. The van der Waals surface area contributed by atoms with Gasteiger partial charge in [-0.3, -0.25) is 4.79 Å². The van der Waals surface area contributed by atoms with Crippen LogP contribution in [-0.4, -0.2) is 71.5 Å². The number of amides is 1. The second kappa shape index (κ2) is 9.09. The number of anilines is 1. The third-order valence-corrected chi connectivity index (χ3v) is 8.11. The fourth-order valence-corrected chi connectivity index (χ4v) is 5.74. The van der Waals surface area contributed by atoms with Crippen molar-refractivity contribution in [2.24, 2.45) is 0 Å². The van der Waals surface area contributed by atoms with Crippen LogP contribution in [0.1, 0.15) is 25.7 Å². The summed E-state index contributed by atoms with van der Waals surface area (Å²) in [4.78, 5) is 15.4. The van der Waals surface area contributed by atoms with Crippen LogP contribution in [0.4, 0.5) is 5.69 Å². The molecule has 0 radical (unpaired) electrons. The molecule has 1 atom stereocenters. The lowest BCUT2D eigenvalue weighted by atomic mass is 10.0. The van der Waals surface area contributed by atoms with Crippen molar-refractivity contribution in [2.45, 2.75) is 36.6 Å². The Hall–Kier alpha value is -1.19. The molecule has 7 nitrogen and oxygen atoms in total. The molecule has 0 saturated carbocycles. The lowest BCUT2D eigenvalue weighted by molar-refractivity contribution is -0.935. The number of nitrogens with zero attached hydrogens (tertiary/aromatic N) is 1. The van der Waals surface area contributed by atoms with Crippen LogP contribution >= 0.6 is 11.6 Å².